The molecule has 20 heavy (non-hydrogen) atoms. The van der Waals surface area contributed by atoms with Crippen LogP contribution in [-0.2, 0) is 14.3 Å². The molecule has 0 aromatic rings. The van der Waals surface area contributed by atoms with Crippen molar-refractivity contribution in [3.8, 4) is 0 Å². The first-order valence-corrected chi connectivity index (χ1v) is 7.70. The quantitative estimate of drug-likeness (QED) is 0.745. The summed E-state index contributed by atoms with van der Waals surface area (Å²) in [5, 5.41) is 0. The molecule has 4 heteroatoms. The fraction of sp³-hybridized carbons (Fsp3) is 0.875. The van der Waals surface area contributed by atoms with Gasteiger partial charge in [-0.25, -0.2) is 0 Å². The van der Waals surface area contributed by atoms with Crippen molar-refractivity contribution in [3.05, 3.63) is 0 Å². The van der Waals surface area contributed by atoms with Gasteiger partial charge in [-0.2, -0.15) is 0 Å². The van der Waals surface area contributed by atoms with Crippen LogP contribution in [-0.4, -0.2) is 36.5 Å². The van der Waals surface area contributed by atoms with E-state index in [-0.39, 0.29) is 23.2 Å². The average Bonchev–Trinajstić information content (AvgIpc) is 2.38. The molecule has 1 rings (SSSR count). The number of carbonyl (C=O) groups is 2. The molecule has 0 bridgehead atoms. The van der Waals surface area contributed by atoms with E-state index in [9.17, 15) is 9.59 Å². The molecule has 0 spiro atoms. The number of nitrogens with zero attached hydrogens (tertiary/aromatic N) is 1. The van der Waals surface area contributed by atoms with E-state index in [1.54, 1.807) is 0 Å². The lowest BCUT2D eigenvalue weighted by atomic mass is 9.80. The summed E-state index contributed by atoms with van der Waals surface area (Å²) in [6.07, 6.45) is 2.05. The monoisotopic (exact) mass is 283 g/mol. The van der Waals surface area contributed by atoms with Crippen LogP contribution in [0.2, 0.25) is 0 Å². The van der Waals surface area contributed by atoms with E-state index in [1.165, 1.54) is 0 Å². The first-order chi connectivity index (χ1) is 9.25. The zero-order valence-electron chi connectivity index (χ0n) is 13.6. The molecule has 0 aliphatic carbocycles. The second-order valence-corrected chi connectivity index (χ2v) is 6.88. The van der Waals surface area contributed by atoms with E-state index in [2.05, 4.69) is 27.7 Å². The van der Waals surface area contributed by atoms with Gasteiger partial charge in [0.2, 0.25) is 5.91 Å². The molecule has 4 nitrogen and oxygen atoms in total. The van der Waals surface area contributed by atoms with Gasteiger partial charge in [0, 0.05) is 19.5 Å². The highest BCUT2D eigenvalue weighted by Crippen LogP contribution is 2.29. The van der Waals surface area contributed by atoms with Gasteiger partial charge in [-0.15, -0.1) is 0 Å². The Kier molecular flexibility index (Phi) is 6.03. The lowest BCUT2D eigenvalue weighted by molar-refractivity contribution is -0.151. The molecule has 1 atom stereocenters. The molecule has 0 radical (unpaired) electrons. The van der Waals surface area contributed by atoms with Crippen LogP contribution in [0.15, 0.2) is 0 Å². The number of esters is 1. The number of ether oxygens (including phenoxy) is 1. The third-order valence-corrected chi connectivity index (χ3v) is 4.43. The van der Waals surface area contributed by atoms with Crippen LogP contribution in [0.4, 0.5) is 0 Å². The number of amides is 1. The molecule has 1 heterocycles. The number of rotatable bonds is 4. The van der Waals surface area contributed by atoms with Crippen molar-refractivity contribution in [1.29, 1.82) is 0 Å². The zero-order chi connectivity index (χ0) is 15.3. The van der Waals surface area contributed by atoms with Gasteiger partial charge in [0.1, 0.15) is 0 Å². The van der Waals surface area contributed by atoms with Crippen LogP contribution >= 0.6 is 0 Å². The minimum Gasteiger partial charge on any atom is -0.466 e. The summed E-state index contributed by atoms with van der Waals surface area (Å²) < 4.78 is 5.04. The number of likely N-dealkylation sites (tertiary alicyclic amines) is 1. The molecule has 1 unspecified atom stereocenters. The fourth-order valence-corrected chi connectivity index (χ4v) is 2.32. The van der Waals surface area contributed by atoms with Gasteiger partial charge >= 0.3 is 5.97 Å². The fourth-order valence-electron chi connectivity index (χ4n) is 2.32. The highest BCUT2D eigenvalue weighted by molar-refractivity contribution is 5.77. The van der Waals surface area contributed by atoms with Crippen molar-refractivity contribution in [3.63, 3.8) is 0 Å². The Labute approximate surface area is 122 Å². The van der Waals surface area contributed by atoms with E-state index < -0.39 is 0 Å². The Hall–Kier alpha value is -1.06. The summed E-state index contributed by atoms with van der Waals surface area (Å²) >= 11 is 0. The molecule has 1 amide bonds. The number of carbonyl (C=O) groups excluding carboxylic acids is 2. The van der Waals surface area contributed by atoms with E-state index in [1.807, 2.05) is 11.8 Å². The largest absolute Gasteiger partial charge is 0.466 e. The van der Waals surface area contributed by atoms with Crippen molar-refractivity contribution in [2.24, 2.45) is 17.3 Å². The summed E-state index contributed by atoms with van der Waals surface area (Å²) in [6, 6.07) is 0. The van der Waals surface area contributed by atoms with Gasteiger partial charge < -0.3 is 9.64 Å². The van der Waals surface area contributed by atoms with Gasteiger partial charge in [0.05, 0.1) is 12.5 Å². The Bertz CT molecular complexity index is 338. The standard InChI is InChI=1S/C16H29NO3/c1-6-20-15(19)13-7-9-17(10-8-13)14(18)11-12(2)16(3,4)5/h12-13H,6-11H2,1-5H3. The Morgan fingerprint density at radius 1 is 1.25 bits per heavy atom. The van der Waals surface area contributed by atoms with Crippen molar-refractivity contribution in [2.75, 3.05) is 19.7 Å². The average molecular weight is 283 g/mol. The highest BCUT2D eigenvalue weighted by atomic mass is 16.5. The van der Waals surface area contributed by atoms with Crippen LogP contribution in [0.5, 0.6) is 0 Å². The molecule has 116 valence electrons. The molecule has 0 N–H and O–H groups in total. The SMILES string of the molecule is CCOC(=O)C1CCN(C(=O)CC(C)C(C)(C)C)CC1. The lowest BCUT2D eigenvalue weighted by Gasteiger charge is -2.33. The predicted molar refractivity (Wildman–Crippen MR) is 79.2 cm³/mol. The maximum absolute atomic E-state index is 12.3. The van der Waals surface area contributed by atoms with Gasteiger partial charge in [0.15, 0.2) is 0 Å². The van der Waals surface area contributed by atoms with E-state index in [0.717, 1.165) is 12.8 Å². The number of piperidine rings is 1. The van der Waals surface area contributed by atoms with Crippen LogP contribution < -0.4 is 0 Å². The maximum atomic E-state index is 12.3. The maximum Gasteiger partial charge on any atom is 0.309 e. The molecule has 1 aliphatic heterocycles. The zero-order valence-corrected chi connectivity index (χ0v) is 13.6. The van der Waals surface area contributed by atoms with Crippen LogP contribution in [0.25, 0.3) is 0 Å². The van der Waals surface area contributed by atoms with E-state index in [0.29, 0.717) is 32.0 Å². The minimum atomic E-state index is -0.109. The predicted octanol–water partition coefficient (Wildman–Crippen LogP) is 2.86. The van der Waals surface area contributed by atoms with E-state index in [4.69, 9.17) is 4.74 Å². The molecular weight excluding hydrogens is 254 g/mol. The van der Waals surface area contributed by atoms with Crippen molar-refractivity contribution < 1.29 is 14.3 Å². The minimum absolute atomic E-state index is 0.0287. The number of hydrogen-bond acceptors (Lipinski definition) is 3. The summed E-state index contributed by atoms with van der Waals surface area (Å²) in [6.45, 7) is 12.2. The second kappa shape index (κ2) is 7.09. The third kappa shape index (κ3) is 4.80. The Morgan fingerprint density at radius 2 is 1.80 bits per heavy atom. The molecule has 0 aromatic heterocycles. The van der Waals surface area contributed by atoms with E-state index >= 15 is 0 Å². The van der Waals surface area contributed by atoms with Crippen molar-refractivity contribution in [1.82, 2.24) is 4.90 Å². The molecule has 1 saturated heterocycles. The summed E-state index contributed by atoms with van der Waals surface area (Å²) in [5.74, 6) is 0.439. The van der Waals surface area contributed by atoms with Gasteiger partial charge in [-0.05, 0) is 31.1 Å². The van der Waals surface area contributed by atoms with Crippen LogP contribution in [0.1, 0.15) is 53.9 Å². The smallest absolute Gasteiger partial charge is 0.309 e. The molecule has 0 aromatic carbocycles. The number of hydrogen-bond donors (Lipinski definition) is 0. The third-order valence-electron chi connectivity index (χ3n) is 4.43. The van der Waals surface area contributed by atoms with Gasteiger partial charge in [0.25, 0.3) is 0 Å². The molecule has 1 aliphatic rings. The lowest BCUT2D eigenvalue weighted by Crippen LogP contribution is -2.41. The molecular formula is C16H29NO3. The van der Waals surface area contributed by atoms with Crippen molar-refractivity contribution >= 4 is 11.9 Å². The second-order valence-electron chi connectivity index (χ2n) is 6.88. The topological polar surface area (TPSA) is 46.6 Å². The van der Waals surface area contributed by atoms with Gasteiger partial charge in [-0.1, -0.05) is 27.7 Å². The first-order valence-electron chi connectivity index (χ1n) is 7.70. The van der Waals surface area contributed by atoms with Gasteiger partial charge in [-0.3, -0.25) is 9.59 Å². The Balaban J connectivity index is 2.41. The van der Waals surface area contributed by atoms with Crippen molar-refractivity contribution in [2.45, 2.75) is 53.9 Å². The molecule has 1 fully saturated rings. The Morgan fingerprint density at radius 3 is 2.25 bits per heavy atom. The summed E-state index contributed by atoms with van der Waals surface area (Å²) in [7, 11) is 0. The highest BCUT2D eigenvalue weighted by Gasteiger charge is 2.30. The summed E-state index contributed by atoms with van der Waals surface area (Å²) in [5.41, 5.74) is 0.152. The van der Waals surface area contributed by atoms with Crippen LogP contribution in [0, 0.1) is 17.3 Å². The normalized spacial score (nSPS) is 18.8. The summed E-state index contributed by atoms with van der Waals surface area (Å²) in [4.78, 5) is 25.8. The van der Waals surface area contributed by atoms with Crippen LogP contribution in [0.3, 0.4) is 0 Å². The molecule has 0 saturated carbocycles. The first kappa shape index (κ1) is 17.0.